The van der Waals surface area contributed by atoms with E-state index in [0.717, 1.165) is 5.52 Å². The van der Waals surface area contributed by atoms with Gasteiger partial charge in [0.25, 0.3) is 0 Å². The van der Waals surface area contributed by atoms with Gasteiger partial charge in [0.15, 0.2) is 0 Å². The van der Waals surface area contributed by atoms with Crippen LogP contribution in [0.3, 0.4) is 0 Å². The molecule has 29 heavy (non-hydrogen) atoms. The molecule has 2 heterocycles. The maximum absolute atomic E-state index is 14.1. The number of rotatable bonds is 5. The Morgan fingerprint density at radius 3 is 2.76 bits per heavy atom. The summed E-state index contributed by atoms with van der Waals surface area (Å²) < 4.78 is 34.5. The number of imidazole rings is 1. The van der Waals surface area contributed by atoms with Gasteiger partial charge in [-0.05, 0) is 35.9 Å². The molecule has 6 nitrogen and oxygen atoms in total. The van der Waals surface area contributed by atoms with Gasteiger partial charge in [0.05, 0.1) is 16.7 Å². The normalized spacial score (nSPS) is 10.7. The van der Waals surface area contributed by atoms with Crippen molar-refractivity contribution in [3.8, 4) is 17.6 Å². The first-order chi connectivity index (χ1) is 14.1. The van der Waals surface area contributed by atoms with E-state index in [-0.39, 0.29) is 11.4 Å². The summed E-state index contributed by atoms with van der Waals surface area (Å²) in [5, 5.41) is 11.9. The molecule has 2 aromatic heterocycles. The molecule has 0 saturated carbocycles. The number of aryl methyl sites for hydroxylation is 1. The van der Waals surface area contributed by atoms with E-state index in [2.05, 4.69) is 15.3 Å². The van der Waals surface area contributed by atoms with Crippen LogP contribution in [0.5, 0.6) is 11.5 Å². The number of nitrogens with one attached hydrogen (secondary N) is 1. The zero-order chi connectivity index (χ0) is 20.4. The van der Waals surface area contributed by atoms with Gasteiger partial charge in [0, 0.05) is 25.4 Å². The van der Waals surface area contributed by atoms with E-state index in [4.69, 9.17) is 10.00 Å². The number of halogens is 2. The van der Waals surface area contributed by atoms with Gasteiger partial charge in [-0.25, -0.2) is 18.7 Å². The van der Waals surface area contributed by atoms with Gasteiger partial charge < -0.3 is 14.6 Å². The molecule has 8 heteroatoms. The first-order valence-electron chi connectivity index (χ1n) is 8.69. The van der Waals surface area contributed by atoms with E-state index >= 15 is 0 Å². The number of fused-ring (bicyclic) bond motifs is 1. The second-order valence-electron chi connectivity index (χ2n) is 6.31. The molecule has 0 amide bonds. The van der Waals surface area contributed by atoms with Crippen molar-refractivity contribution < 1.29 is 13.5 Å². The van der Waals surface area contributed by atoms with Crippen molar-refractivity contribution in [2.24, 2.45) is 7.05 Å². The maximum Gasteiger partial charge on any atom is 0.208 e. The molecule has 0 fully saturated rings. The van der Waals surface area contributed by atoms with Gasteiger partial charge in [-0.1, -0.05) is 6.07 Å². The van der Waals surface area contributed by atoms with E-state index in [1.165, 1.54) is 30.5 Å². The molecule has 4 aromatic rings. The minimum Gasteiger partial charge on any atom is -0.457 e. The van der Waals surface area contributed by atoms with Crippen LogP contribution in [0.15, 0.2) is 54.7 Å². The van der Waals surface area contributed by atoms with E-state index in [0.29, 0.717) is 28.5 Å². The fraction of sp³-hybridized carbons (Fsp3) is 0.0952. The van der Waals surface area contributed by atoms with E-state index in [1.807, 2.05) is 12.1 Å². The predicted molar refractivity (Wildman–Crippen MR) is 104 cm³/mol. The third-order valence-electron chi connectivity index (χ3n) is 4.37. The monoisotopic (exact) mass is 391 g/mol. The van der Waals surface area contributed by atoms with Gasteiger partial charge in [-0.2, -0.15) is 5.26 Å². The maximum atomic E-state index is 14.1. The molecule has 1 N–H and O–H groups in total. The van der Waals surface area contributed by atoms with Crippen LogP contribution in [0.2, 0.25) is 0 Å². The van der Waals surface area contributed by atoms with Crippen LogP contribution in [-0.4, -0.2) is 14.5 Å². The highest BCUT2D eigenvalue weighted by molar-refractivity contribution is 5.81. The molecule has 0 spiro atoms. The number of hydrogen-bond acceptors (Lipinski definition) is 5. The van der Waals surface area contributed by atoms with E-state index in [9.17, 15) is 8.78 Å². The third-order valence-corrected chi connectivity index (χ3v) is 4.37. The highest BCUT2D eigenvalue weighted by Crippen LogP contribution is 2.29. The Hall–Kier alpha value is -3.99. The zero-order valence-electron chi connectivity index (χ0n) is 15.4. The third kappa shape index (κ3) is 3.71. The quantitative estimate of drug-likeness (QED) is 0.519. The lowest BCUT2D eigenvalue weighted by atomic mass is 10.2. The number of pyridine rings is 1. The van der Waals surface area contributed by atoms with Crippen molar-refractivity contribution in [2.75, 3.05) is 5.32 Å². The Kier molecular flexibility index (Phi) is 4.79. The summed E-state index contributed by atoms with van der Waals surface area (Å²) in [6, 6.07) is 14.5. The van der Waals surface area contributed by atoms with Crippen LogP contribution < -0.4 is 10.1 Å². The Labute approximate surface area is 165 Å². The number of nitrogens with zero attached hydrogens (tertiary/aromatic N) is 4. The zero-order valence-corrected chi connectivity index (χ0v) is 15.4. The number of aromatic nitrogens is 3. The molecule has 2 aromatic carbocycles. The summed E-state index contributed by atoms with van der Waals surface area (Å²) in [7, 11) is 1.79. The van der Waals surface area contributed by atoms with E-state index in [1.54, 1.807) is 29.8 Å². The van der Waals surface area contributed by atoms with Crippen LogP contribution >= 0.6 is 0 Å². The standard InChI is InChI=1S/C21H15F2N5O/c1-28-20-5-3-15(29-16-6-7-25-14(9-16)12-24)10-19(20)27-21(28)26-18-8-13(11-22)2-4-17(18)23/h2-10H,11H2,1H3,(H,26,27). The smallest absolute Gasteiger partial charge is 0.208 e. The Morgan fingerprint density at radius 2 is 1.97 bits per heavy atom. The topological polar surface area (TPSA) is 75.8 Å². The van der Waals surface area contributed by atoms with Crippen molar-refractivity contribution in [1.29, 1.82) is 5.26 Å². The van der Waals surface area contributed by atoms with Gasteiger partial charge in [0.2, 0.25) is 5.95 Å². The highest BCUT2D eigenvalue weighted by atomic mass is 19.1. The molecule has 0 atom stereocenters. The molecule has 0 aliphatic carbocycles. The summed E-state index contributed by atoms with van der Waals surface area (Å²) >= 11 is 0. The summed E-state index contributed by atoms with van der Waals surface area (Å²) in [5.41, 5.74) is 2.21. The largest absolute Gasteiger partial charge is 0.457 e. The molecule has 0 saturated heterocycles. The Bertz CT molecular complexity index is 1250. The number of alkyl halides is 1. The molecular formula is C21H15F2N5O. The lowest BCUT2D eigenvalue weighted by Gasteiger charge is -2.08. The second-order valence-corrected chi connectivity index (χ2v) is 6.31. The average Bonchev–Trinajstić information content (AvgIpc) is 3.04. The number of ether oxygens (including phenoxy) is 1. The summed E-state index contributed by atoms with van der Waals surface area (Å²) in [5.74, 6) is 0.921. The van der Waals surface area contributed by atoms with Crippen molar-refractivity contribution >= 4 is 22.7 Å². The van der Waals surface area contributed by atoms with Gasteiger partial charge in [0.1, 0.15) is 35.8 Å². The molecule has 0 bridgehead atoms. The summed E-state index contributed by atoms with van der Waals surface area (Å²) in [6.45, 7) is -0.680. The van der Waals surface area contributed by atoms with Crippen molar-refractivity contribution in [2.45, 2.75) is 6.67 Å². The van der Waals surface area contributed by atoms with Gasteiger partial charge in [-0.15, -0.1) is 0 Å². The van der Waals surface area contributed by atoms with E-state index < -0.39 is 12.5 Å². The first kappa shape index (κ1) is 18.4. The molecule has 0 unspecified atom stereocenters. The Balaban J connectivity index is 1.64. The predicted octanol–water partition coefficient (Wildman–Crippen LogP) is 4.98. The summed E-state index contributed by atoms with van der Waals surface area (Å²) in [6.07, 6.45) is 1.50. The molecule has 0 aliphatic rings. The first-order valence-corrected chi connectivity index (χ1v) is 8.69. The Morgan fingerprint density at radius 1 is 1.14 bits per heavy atom. The van der Waals surface area contributed by atoms with Crippen molar-refractivity contribution in [1.82, 2.24) is 14.5 Å². The SMILES string of the molecule is Cn1c(Nc2cc(CF)ccc2F)nc2cc(Oc3ccnc(C#N)c3)ccc21. The lowest BCUT2D eigenvalue weighted by molar-refractivity contribution is 0.482. The number of benzene rings is 2. The minimum atomic E-state index is -0.680. The number of nitriles is 1. The van der Waals surface area contributed by atoms with Crippen LogP contribution in [0.4, 0.5) is 20.4 Å². The second kappa shape index (κ2) is 7.56. The highest BCUT2D eigenvalue weighted by Gasteiger charge is 2.12. The van der Waals surface area contributed by atoms with Crippen molar-refractivity contribution in [3.63, 3.8) is 0 Å². The fourth-order valence-corrected chi connectivity index (χ4v) is 2.90. The molecule has 144 valence electrons. The van der Waals surface area contributed by atoms with Crippen LogP contribution in [0.1, 0.15) is 11.3 Å². The summed E-state index contributed by atoms with van der Waals surface area (Å²) in [4.78, 5) is 8.39. The van der Waals surface area contributed by atoms with Gasteiger partial charge >= 0.3 is 0 Å². The average molecular weight is 391 g/mol. The fourth-order valence-electron chi connectivity index (χ4n) is 2.90. The molecular weight excluding hydrogens is 376 g/mol. The van der Waals surface area contributed by atoms with Crippen LogP contribution in [0.25, 0.3) is 11.0 Å². The number of hydrogen-bond donors (Lipinski definition) is 1. The van der Waals surface area contributed by atoms with Gasteiger partial charge in [-0.3, -0.25) is 0 Å². The molecule has 4 rings (SSSR count). The van der Waals surface area contributed by atoms with Crippen LogP contribution in [0, 0.1) is 17.1 Å². The number of anilines is 2. The van der Waals surface area contributed by atoms with Crippen LogP contribution in [-0.2, 0) is 13.7 Å². The molecule has 0 aliphatic heterocycles. The van der Waals surface area contributed by atoms with Crippen molar-refractivity contribution in [3.05, 3.63) is 71.8 Å². The molecule has 0 radical (unpaired) electrons. The lowest BCUT2D eigenvalue weighted by Crippen LogP contribution is -2.01. The minimum absolute atomic E-state index is 0.149.